The molecule has 3 rings (SSSR count). The predicted octanol–water partition coefficient (Wildman–Crippen LogP) is 9.99. The van der Waals surface area contributed by atoms with E-state index in [0.29, 0.717) is 0 Å². The van der Waals surface area contributed by atoms with E-state index >= 15 is 0 Å². The van der Waals surface area contributed by atoms with Crippen LogP contribution in [0.15, 0.2) is 108 Å². The van der Waals surface area contributed by atoms with Gasteiger partial charge in [-0.3, -0.25) is 0 Å². The Morgan fingerprint density at radius 2 is 0.750 bits per heavy atom. The van der Waals surface area contributed by atoms with Crippen LogP contribution in [0.3, 0.4) is 0 Å². The van der Waals surface area contributed by atoms with Crippen molar-refractivity contribution in [3.63, 3.8) is 0 Å². The summed E-state index contributed by atoms with van der Waals surface area (Å²) in [7, 11) is -5.22. The lowest BCUT2D eigenvalue weighted by molar-refractivity contribution is 1.57. The van der Waals surface area contributed by atoms with Gasteiger partial charge in [0.05, 0.1) is 24.2 Å². The summed E-state index contributed by atoms with van der Waals surface area (Å²) in [5.74, 6) is 0. The molecule has 0 amide bonds. The smallest absolute Gasteiger partial charge is 0.0892 e. The average molecular weight is 523 g/mol. The minimum absolute atomic E-state index is 1.22. The van der Waals surface area contributed by atoms with Crippen molar-refractivity contribution in [3.8, 4) is 0 Å². The lowest BCUT2D eigenvalue weighted by Gasteiger charge is -2.26. The molecular formula is C33H42Si3. The molecule has 3 aromatic carbocycles. The molecule has 0 nitrogen and oxygen atoms in total. The zero-order valence-electron chi connectivity index (χ0n) is 23.7. The summed E-state index contributed by atoms with van der Waals surface area (Å²) >= 11 is 0. The summed E-state index contributed by atoms with van der Waals surface area (Å²) in [6.45, 7) is 21.9. The number of hydrogen-bond acceptors (Lipinski definition) is 0. The highest BCUT2D eigenvalue weighted by Gasteiger charge is 2.28. The highest BCUT2D eigenvalue weighted by molar-refractivity contribution is 6.94. The van der Waals surface area contributed by atoms with Crippen LogP contribution in [-0.4, -0.2) is 24.2 Å². The summed E-state index contributed by atoms with van der Waals surface area (Å²) in [6, 6.07) is 32.7. The Hall–Kier alpha value is -2.65. The van der Waals surface area contributed by atoms with Gasteiger partial charge in [0.2, 0.25) is 0 Å². The molecule has 0 aromatic heterocycles. The first-order chi connectivity index (χ1) is 16.8. The molecule has 0 heterocycles. The predicted molar refractivity (Wildman–Crippen MR) is 170 cm³/mol. The first-order valence-corrected chi connectivity index (χ1v) is 23.5. The topological polar surface area (TPSA) is 0 Å². The van der Waals surface area contributed by atoms with Gasteiger partial charge in [0.15, 0.2) is 0 Å². The minimum atomic E-state index is -1.82. The third-order valence-corrected chi connectivity index (χ3v) is 11.9. The van der Waals surface area contributed by atoms with Gasteiger partial charge in [0.1, 0.15) is 0 Å². The molecule has 0 N–H and O–H groups in total. The molecule has 186 valence electrons. The van der Waals surface area contributed by atoms with E-state index < -0.39 is 24.2 Å². The van der Waals surface area contributed by atoms with Crippen LogP contribution in [0.2, 0.25) is 58.9 Å². The summed E-state index contributed by atoms with van der Waals surface area (Å²) in [5.41, 5.74) is 13.2. The van der Waals surface area contributed by atoms with Crippen molar-refractivity contribution >= 4 is 40.2 Å². The largest absolute Gasteiger partial charge is 0.121 e. The van der Waals surface area contributed by atoms with Crippen LogP contribution in [0.1, 0.15) is 16.7 Å². The van der Waals surface area contributed by atoms with E-state index in [-0.39, 0.29) is 0 Å². The SMILES string of the molecule is C[Si](C)(C)C(=C=C(c1ccccc1)[Si](C)(C)C)C(=C=C(c1ccccc1)[Si](C)(C)C)c1ccccc1. The van der Waals surface area contributed by atoms with Crippen LogP contribution in [0.4, 0.5) is 0 Å². The quantitative estimate of drug-likeness (QED) is 0.164. The Labute approximate surface area is 222 Å². The van der Waals surface area contributed by atoms with Crippen molar-refractivity contribution in [2.24, 2.45) is 0 Å². The van der Waals surface area contributed by atoms with E-state index in [0.717, 1.165) is 0 Å². The van der Waals surface area contributed by atoms with Gasteiger partial charge in [-0.05, 0) is 32.3 Å². The van der Waals surface area contributed by atoms with E-state index in [1.54, 1.807) is 0 Å². The van der Waals surface area contributed by atoms with Crippen molar-refractivity contribution in [1.82, 2.24) is 0 Å². The van der Waals surface area contributed by atoms with Gasteiger partial charge in [-0.15, -0.1) is 11.5 Å². The first kappa shape index (κ1) is 27.9. The summed E-state index contributed by atoms with van der Waals surface area (Å²) in [5, 5.41) is 4.13. The van der Waals surface area contributed by atoms with Crippen LogP contribution in [0.25, 0.3) is 16.0 Å². The van der Waals surface area contributed by atoms with Crippen molar-refractivity contribution in [1.29, 1.82) is 0 Å². The standard InChI is InChI=1S/C33H42Si3/c1-34(2,3)31(28-21-15-11-16-22-28)25-30(27-19-13-10-14-20-27)33(36(7,8)9)26-32(35(4,5)6)29-23-17-12-18-24-29/h10-24H,1-9H3. The molecule has 0 aliphatic rings. The monoisotopic (exact) mass is 522 g/mol. The molecule has 0 bridgehead atoms. The maximum Gasteiger partial charge on any atom is 0.0892 e. The third-order valence-electron chi connectivity index (χ3n) is 6.19. The van der Waals surface area contributed by atoms with Gasteiger partial charge < -0.3 is 0 Å². The summed E-state index contributed by atoms with van der Waals surface area (Å²) in [4.78, 5) is 0. The van der Waals surface area contributed by atoms with Crippen LogP contribution in [-0.2, 0) is 0 Å². The zero-order valence-corrected chi connectivity index (χ0v) is 26.7. The van der Waals surface area contributed by atoms with E-state index in [9.17, 15) is 0 Å². The highest BCUT2D eigenvalue weighted by atomic mass is 28.3. The third kappa shape index (κ3) is 7.20. The Bertz CT molecular complexity index is 1300. The molecule has 0 spiro atoms. The molecule has 0 fully saturated rings. The van der Waals surface area contributed by atoms with Crippen molar-refractivity contribution < 1.29 is 0 Å². The fourth-order valence-electron chi connectivity index (χ4n) is 4.35. The maximum absolute atomic E-state index is 4.12. The molecule has 0 aliphatic carbocycles. The zero-order chi connectivity index (χ0) is 26.6. The van der Waals surface area contributed by atoms with E-state index in [1.807, 2.05) is 0 Å². The Balaban J connectivity index is 2.59. The van der Waals surface area contributed by atoms with E-state index in [2.05, 4.69) is 161 Å². The van der Waals surface area contributed by atoms with Gasteiger partial charge >= 0.3 is 0 Å². The Morgan fingerprint density at radius 3 is 1.08 bits per heavy atom. The number of hydrogen-bond donors (Lipinski definition) is 0. The Kier molecular flexibility index (Phi) is 8.67. The number of allylic oxidation sites excluding steroid dienone is 2. The fourth-order valence-corrected chi connectivity index (χ4v) is 9.00. The molecule has 0 atom stereocenters. The minimum Gasteiger partial charge on any atom is -0.121 e. The van der Waals surface area contributed by atoms with Gasteiger partial charge in [-0.2, -0.15) is 0 Å². The molecular weight excluding hydrogens is 481 g/mol. The summed E-state index contributed by atoms with van der Waals surface area (Å²) in [6.07, 6.45) is 0. The van der Waals surface area contributed by atoms with Crippen LogP contribution in [0.5, 0.6) is 0 Å². The van der Waals surface area contributed by atoms with E-state index in [4.69, 9.17) is 0 Å². The lowest BCUT2D eigenvalue weighted by Crippen LogP contribution is -2.27. The maximum atomic E-state index is 4.12. The normalized spacial score (nSPS) is 11.8. The van der Waals surface area contributed by atoms with Crippen LogP contribution < -0.4 is 0 Å². The van der Waals surface area contributed by atoms with Gasteiger partial charge in [0, 0.05) is 5.57 Å². The number of rotatable bonds is 7. The molecule has 3 heteroatoms. The Morgan fingerprint density at radius 1 is 0.417 bits per heavy atom. The van der Waals surface area contributed by atoms with Crippen LogP contribution in [0, 0.1) is 0 Å². The molecule has 0 aliphatic heterocycles. The second-order valence-corrected chi connectivity index (χ2v) is 27.6. The highest BCUT2D eigenvalue weighted by Crippen LogP contribution is 2.35. The lowest BCUT2D eigenvalue weighted by atomic mass is 10.1. The molecule has 36 heavy (non-hydrogen) atoms. The van der Waals surface area contributed by atoms with Crippen molar-refractivity contribution in [2.75, 3.05) is 0 Å². The van der Waals surface area contributed by atoms with Crippen molar-refractivity contribution in [2.45, 2.75) is 58.9 Å². The first-order valence-electron chi connectivity index (χ1n) is 13.0. The van der Waals surface area contributed by atoms with E-state index in [1.165, 1.54) is 37.9 Å². The number of benzene rings is 3. The molecule has 3 aromatic rings. The molecule has 0 unspecified atom stereocenters. The van der Waals surface area contributed by atoms with Gasteiger partial charge in [-0.25, -0.2) is 0 Å². The summed E-state index contributed by atoms with van der Waals surface area (Å²) < 4.78 is 0. The fraction of sp³-hybridized carbons (Fsp3) is 0.273. The van der Waals surface area contributed by atoms with Gasteiger partial charge in [0.25, 0.3) is 0 Å². The molecule has 0 saturated heterocycles. The average Bonchev–Trinajstić information content (AvgIpc) is 2.80. The van der Waals surface area contributed by atoms with Crippen molar-refractivity contribution in [3.05, 3.63) is 124 Å². The molecule has 0 saturated carbocycles. The molecule has 0 radical (unpaired) electrons. The second-order valence-electron chi connectivity index (χ2n) is 12.6. The second kappa shape index (κ2) is 11.2. The van der Waals surface area contributed by atoms with Crippen LogP contribution >= 0.6 is 0 Å². The van der Waals surface area contributed by atoms with Gasteiger partial charge in [-0.1, -0.05) is 150 Å².